The van der Waals surface area contributed by atoms with Gasteiger partial charge >= 0.3 is 6.98 Å². The van der Waals surface area contributed by atoms with Crippen molar-refractivity contribution in [3.8, 4) is 0 Å². The van der Waals surface area contributed by atoms with Crippen LogP contribution in [0.15, 0.2) is 0 Å². The van der Waals surface area contributed by atoms with Crippen molar-refractivity contribution in [3.63, 3.8) is 0 Å². The molecule has 1 saturated carbocycles. The van der Waals surface area contributed by atoms with Gasteiger partial charge < -0.3 is 17.7 Å². The molecule has 1 unspecified atom stereocenters. The predicted molar refractivity (Wildman–Crippen MR) is 44.6 cm³/mol. The first-order chi connectivity index (χ1) is 6.02. The van der Waals surface area contributed by atoms with E-state index in [0.717, 1.165) is 19.3 Å². The van der Waals surface area contributed by atoms with Gasteiger partial charge in [0.2, 0.25) is 0 Å². The molecule has 0 bridgehead atoms. The molecule has 5 heteroatoms. The molecule has 13 heavy (non-hydrogen) atoms. The minimum Gasteiger partial charge on any atom is -0.449 e. The molecule has 0 aromatic rings. The van der Waals surface area contributed by atoms with Gasteiger partial charge in [-0.1, -0.05) is 12.2 Å². The van der Waals surface area contributed by atoms with E-state index in [1.807, 2.05) is 0 Å². The Morgan fingerprint density at radius 1 is 1.23 bits per heavy atom. The number of halogens is 3. The van der Waals surface area contributed by atoms with Gasteiger partial charge in [0, 0.05) is 6.61 Å². The molecule has 1 saturated heterocycles. The number of rotatable bonds is 1. The second-order valence-corrected chi connectivity index (χ2v) is 4.26. The minimum atomic E-state index is -4.65. The zero-order valence-corrected chi connectivity index (χ0v) is 7.44. The highest BCUT2D eigenvalue weighted by atomic mass is 19.4. The van der Waals surface area contributed by atoms with Crippen molar-refractivity contribution < 1.29 is 17.7 Å². The molecule has 1 heterocycles. The molecule has 0 aromatic carbocycles. The molecule has 1 aliphatic heterocycles. The third kappa shape index (κ3) is 1.71. The Bertz CT molecular complexity index is 200. The molecule has 0 aromatic heterocycles. The lowest BCUT2D eigenvalue weighted by Crippen LogP contribution is -2.47. The van der Waals surface area contributed by atoms with Gasteiger partial charge in [0.1, 0.15) is 0 Å². The van der Waals surface area contributed by atoms with Crippen LogP contribution in [0.1, 0.15) is 32.1 Å². The first-order valence-corrected chi connectivity index (χ1v) is 4.86. The lowest BCUT2D eigenvalue weighted by Gasteiger charge is -2.49. The van der Waals surface area contributed by atoms with E-state index in [0.29, 0.717) is 6.61 Å². The van der Waals surface area contributed by atoms with Gasteiger partial charge in [-0.2, -0.15) is 0 Å². The summed E-state index contributed by atoms with van der Waals surface area (Å²) in [4.78, 5) is 0. The summed E-state index contributed by atoms with van der Waals surface area (Å²) in [7, 11) is 0. The Balaban J connectivity index is 2.00. The standard InChI is InChI=1S/C8H13BF3O/c10-9(11,12)7-2-5-13-8(6-7)3-1-4-8/h7H,1-6H2/q-1. The Morgan fingerprint density at radius 3 is 2.38 bits per heavy atom. The van der Waals surface area contributed by atoms with Crippen LogP contribution in [-0.2, 0) is 4.74 Å². The lowest BCUT2D eigenvalue weighted by molar-refractivity contribution is -0.129. The molecule has 0 amide bonds. The average molecular weight is 193 g/mol. The van der Waals surface area contributed by atoms with Crippen LogP contribution in [0.2, 0.25) is 5.82 Å². The van der Waals surface area contributed by atoms with Gasteiger partial charge in [-0.3, -0.25) is 0 Å². The van der Waals surface area contributed by atoms with Gasteiger partial charge in [0.25, 0.3) is 0 Å². The largest absolute Gasteiger partial charge is 0.481 e. The van der Waals surface area contributed by atoms with Crippen molar-refractivity contribution in [2.45, 2.75) is 43.5 Å². The fourth-order valence-corrected chi connectivity index (χ4v) is 2.31. The number of ether oxygens (including phenoxy) is 1. The molecule has 2 aliphatic rings. The number of hydrogen-bond acceptors (Lipinski definition) is 1. The maximum Gasteiger partial charge on any atom is 0.481 e. The predicted octanol–water partition coefficient (Wildman–Crippen LogP) is 2.94. The third-order valence-corrected chi connectivity index (χ3v) is 3.33. The van der Waals surface area contributed by atoms with Gasteiger partial charge in [-0.15, -0.1) is 0 Å². The van der Waals surface area contributed by atoms with Crippen LogP contribution in [0, 0.1) is 0 Å². The highest BCUT2D eigenvalue weighted by Crippen LogP contribution is 2.49. The first-order valence-electron chi connectivity index (χ1n) is 4.86. The molecular formula is C8H13BF3O-. The SMILES string of the molecule is F[B-](F)(F)C1CCOC2(CCC2)C1. The van der Waals surface area contributed by atoms with Crippen molar-refractivity contribution in [3.05, 3.63) is 0 Å². The topological polar surface area (TPSA) is 9.23 Å². The second-order valence-electron chi connectivity index (χ2n) is 4.26. The molecule has 76 valence electrons. The van der Waals surface area contributed by atoms with Crippen molar-refractivity contribution >= 4 is 6.98 Å². The fraction of sp³-hybridized carbons (Fsp3) is 1.00. The lowest BCUT2D eigenvalue weighted by atomic mass is 9.60. The highest BCUT2D eigenvalue weighted by Gasteiger charge is 2.47. The molecule has 2 rings (SSSR count). The van der Waals surface area contributed by atoms with E-state index in [1.165, 1.54) is 0 Å². The fourth-order valence-electron chi connectivity index (χ4n) is 2.31. The molecule has 1 atom stereocenters. The van der Waals surface area contributed by atoms with Crippen LogP contribution in [0.3, 0.4) is 0 Å². The molecule has 2 fully saturated rings. The highest BCUT2D eigenvalue weighted by molar-refractivity contribution is 6.60. The molecule has 1 aliphatic carbocycles. The van der Waals surface area contributed by atoms with E-state index < -0.39 is 12.8 Å². The van der Waals surface area contributed by atoms with Crippen LogP contribution >= 0.6 is 0 Å². The Kier molecular flexibility index (Phi) is 2.09. The summed E-state index contributed by atoms with van der Waals surface area (Å²) in [6.07, 6.45) is 3.07. The Morgan fingerprint density at radius 2 is 1.92 bits per heavy atom. The maximum absolute atomic E-state index is 12.5. The van der Waals surface area contributed by atoms with Gasteiger partial charge in [-0.25, -0.2) is 0 Å². The van der Waals surface area contributed by atoms with Crippen molar-refractivity contribution in [1.29, 1.82) is 0 Å². The molecule has 1 spiro atoms. The summed E-state index contributed by atoms with van der Waals surface area (Å²) in [6.45, 7) is -4.35. The van der Waals surface area contributed by atoms with Gasteiger partial charge in [0.05, 0.1) is 5.60 Å². The normalized spacial score (nSPS) is 33.0. The monoisotopic (exact) mass is 193 g/mol. The first kappa shape index (κ1) is 9.37. The summed E-state index contributed by atoms with van der Waals surface area (Å²) in [5.74, 6) is -1.06. The van der Waals surface area contributed by atoms with Crippen LogP contribution in [0.4, 0.5) is 12.9 Å². The second kappa shape index (κ2) is 2.90. The quantitative estimate of drug-likeness (QED) is 0.581. The molecule has 0 N–H and O–H groups in total. The van der Waals surface area contributed by atoms with E-state index in [2.05, 4.69) is 0 Å². The average Bonchev–Trinajstić information content (AvgIpc) is 2.00. The smallest absolute Gasteiger partial charge is 0.449 e. The van der Waals surface area contributed by atoms with E-state index in [-0.39, 0.29) is 18.4 Å². The van der Waals surface area contributed by atoms with Crippen LogP contribution in [0.5, 0.6) is 0 Å². The Hall–Kier alpha value is -0.185. The van der Waals surface area contributed by atoms with E-state index in [4.69, 9.17) is 4.74 Å². The van der Waals surface area contributed by atoms with Gasteiger partial charge in [-0.05, 0) is 25.7 Å². The Labute approximate surface area is 75.7 Å². The minimum absolute atomic E-state index is 0.172. The number of hydrogen-bond donors (Lipinski definition) is 0. The van der Waals surface area contributed by atoms with E-state index >= 15 is 0 Å². The summed E-state index contributed by atoms with van der Waals surface area (Å²) in [5.41, 5.74) is -0.375. The molecular weight excluding hydrogens is 180 g/mol. The summed E-state index contributed by atoms with van der Waals surface area (Å²) in [6, 6.07) is 0. The maximum atomic E-state index is 12.5. The van der Waals surface area contributed by atoms with E-state index in [1.54, 1.807) is 0 Å². The zero-order valence-electron chi connectivity index (χ0n) is 7.44. The van der Waals surface area contributed by atoms with Crippen molar-refractivity contribution in [2.75, 3.05) is 6.61 Å². The van der Waals surface area contributed by atoms with Crippen LogP contribution in [-0.4, -0.2) is 19.2 Å². The summed E-state index contributed by atoms with van der Waals surface area (Å²) < 4.78 is 42.8. The summed E-state index contributed by atoms with van der Waals surface area (Å²) >= 11 is 0. The molecule has 0 radical (unpaired) electrons. The van der Waals surface area contributed by atoms with Crippen molar-refractivity contribution in [1.82, 2.24) is 0 Å². The third-order valence-electron chi connectivity index (χ3n) is 3.33. The summed E-state index contributed by atoms with van der Waals surface area (Å²) in [5, 5.41) is 0. The van der Waals surface area contributed by atoms with Crippen LogP contribution < -0.4 is 0 Å². The zero-order chi connectivity index (χ0) is 9.53. The van der Waals surface area contributed by atoms with E-state index in [9.17, 15) is 12.9 Å². The van der Waals surface area contributed by atoms with Gasteiger partial charge in [0.15, 0.2) is 0 Å². The van der Waals surface area contributed by atoms with Crippen molar-refractivity contribution in [2.24, 2.45) is 0 Å². The van der Waals surface area contributed by atoms with Crippen LogP contribution in [0.25, 0.3) is 0 Å². The molecule has 1 nitrogen and oxygen atoms in total.